The predicted octanol–water partition coefficient (Wildman–Crippen LogP) is 2.78. The third kappa shape index (κ3) is 6.60. The molecule has 1 rings (SSSR count). The molecule has 0 saturated carbocycles. The summed E-state index contributed by atoms with van der Waals surface area (Å²) in [6.45, 7) is 8.71. The van der Waals surface area contributed by atoms with E-state index in [2.05, 4.69) is 37.9 Å². The Morgan fingerprint density at radius 1 is 1.21 bits per heavy atom. The number of aliphatic hydroxyl groups is 1. The minimum atomic E-state index is -0.214. The molecule has 0 bridgehead atoms. The van der Waals surface area contributed by atoms with Crippen molar-refractivity contribution in [3.8, 4) is 5.75 Å². The highest BCUT2D eigenvalue weighted by molar-refractivity contribution is 5.33. The molecule has 0 aliphatic carbocycles. The van der Waals surface area contributed by atoms with Crippen LogP contribution in [0.1, 0.15) is 30.9 Å². The van der Waals surface area contributed by atoms with E-state index in [1.165, 1.54) is 11.1 Å². The summed E-state index contributed by atoms with van der Waals surface area (Å²) in [7, 11) is 2.08. The number of hydrogen-bond donors (Lipinski definition) is 1. The van der Waals surface area contributed by atoms with Crippen molar-refractivity contribution in [1.82, 2.24) is 4.90 Å². The average molecular weight is 265 g/mol. The maximum Gasteiger partial charge on any atom is 0.119 e. The van der Waals surface area contributed by atoms with Crippen LogP contribution in [0.15, 0.2) is 18.2 Å². The molecule has 1 aromatic carbocycles. The molecule has 0 heterocycles. The fraction of sp³-hybridized carbons (Fsp3) is 0.625. The minimum Gasteiger partial charge on any atom is -0.494 e. The maximum atomic E-state index is 9.22. The van der Waals surface area contributed by atoms with Gasteiger partial charge in [-0.05, 0) is 63.9 Å². The normalized spacial score (nSPS) is 12.7. The highest BCUT2D eigenvalue weighted by atomic mass is 16.5. The van der Waals surface area contributed by atoms with Crippen molar-refractivity contribution < 1.29 is 9.84 Å². The highest BCUT2D eigenvalue weighted by Crippen LogP contribution is 2.16. The van der Waals surface area contributed by atoms with Crippen molar-refractivity contribution in [3.05, 3.63) is 29.3 Å². The fourth-order valence-corrected chi connectivity index (χ4v) is 1.85. The number of aryl methyl sites for hydroxylation is 2. The van der Waals surface area contributed by atoms with Crippen molar-refractivity contribution in [3.63, 3.8) is 0 Å². The van der Waals surface area contributed by atoms with Crippen LogP contribution in [0.25, 0.3) is 0 Å². The number of hydrogen-bond acceptors (Lipinski definition) is 3. The Labute approximate surface area is 117 Å². The monoisotopic (exact) mass is 265 g/mol. The van der Waals surface area contributed by atoms with Crippen LogP contribution in [-0.4, -0.2) is 42.9 Å². The first kappa shape index (κ1) is 16.0. The molecular formula is C16H27NO2. The van der Waals surface area contributed by atoms with Gasteiger partial charge < -0.3 is 14.7 Å². The third-order valence-electron chi connectivity index (χ3n) is 3.36. The molecule has 0 radical (unpaired) electrons. The van der Waals surface area contributed by atoms with Gasteiger partial charge in [-0.2, -0.15) is 0 Å². The van der Waals surface area contributed by atoms with E-state index >= 15 is 0 Å². The molecule has 0 spiro atoms. The van der Waals surface area contributed by atoms with Crippen molar-refractivity contribution in [2.75, 3.05) is 26.7 Å². The first-order valence-corrected chi connectivity index (χ1v) is 7.05. The van der Waals surface area contributed by atoms with E-state index in [1.807, 2.05) is 13.0 Å². The van der Waals surface area contributed by atoms with Crippen LogP contribution in [-0.2, 0) is 0 Å². The lowest BCUT2D eigenvalue weighted by molar-refractivity contribution is 0.162. The van der Waals surface area contributed by atoms with Gasteiger partial charge in [-0.25, -0.2) is 0 Å². The Balaban J connectivity index is 2.18. The number of nitrogens with zero attached hydrogens (tertiary/aromatic N) is 1. The van der Waals surface area contributed by atoms with E-state index in [0.717, 1.165) is 38.3 Å². The topological polar surface area (TPSA) is 32.7 Å². The minimum absolute atomic E-state index is 0.214. The Hall–Kier alpha value is -1.06. The van der Waals surface area contributed by atoms with Gasteiger partial charge in [0.25, 0.3) is 0 Å². The summed E-state index contributed by atoms with van der Waals surface area (Å²) in [5.41, 5.74) is 2.57. The lowest BCUT2D eigenvalue weighted by atomic mass is 10.1. The zero-order valence-corrected chi connectivity index (χ0v) is 12.6. The van der Waals surface area contributed by atoms with Crippen molar-refractivity contribution in [1.29, 1.82) is 0 Å². The summed E-state index contributed by atoms with van der Waals surface area (Å²) in [6, 6.07) is 6.21. The van der Waals surface area contributed by atoms with E-state index in [-0.39, 0.29) is 6.10 Å². The molecule has 19 heavy (non-hydrogen) atoms. The van der Waals surface area contributed by atoms with Gasteiger partial charge in [0.05, 0.1) is 12.7 Å². The molecule has 0 aliphatic rings. The summed E-state index contributed by atoms with van der Waals surface area (Å²) in [6.07, 6.45) is 1.62. The van der Waals surface area contributed by atoms with Gasteiger partial charge in [-0.3, -0.25) is 0 Å². The molecule has 1 N–H and O–H groups in total. The summed E-state index contributed by atoms with van der Waals surface area (Å²) in [4.78, 5) is 2.23. The van der Waals surface area contributed by atoms with E-state index < -0.39 is 0 Å². The smallest absolute Gasteiger partial charge is 0.119 e. The zero-order chi connectivity index (χ0) is 14.3. The SMILES string of the molecule is Cc1ccc(OCCCN(C)CCC(C)O)cc1C. The summed E-state index contributed by atoms with van der Waals surface area (Å²) in [5, 5.41) is 9.22. The molecule has 1 unspecified atom stereocenters. The van der Waals surface area contributed by atoms with Crippen molar-refractivity contribution >= 4 is 0 Å². The van der Waals surface area contributed by atoms with E-state index in [1.54, 1.807) is 0 Å². The van der Waals surface area contributed by atoms with Crippen molar-refractivity contribution in [2.24, 2.45) is 0 Å². The van der Waals surface area contributed by atoms with Gasteiger partial charge >= 0.3 is 0 Å². The first-order chi connectivity index (χ1) is 8.99. The Morgan fingerprint density at radius 3 is 2.58 bits per heavy atom. The first-order valence-electron chi connectivity index (χ1n) is 7.05. The molecule has 3 nitrogen and oxygen atoms in total. The Morgan fingerprint density at radius 2 is 1.95 bits per heavy atom. The zero-order valence-electron chi connectivity index (χ0n) is 12.6. The predicted molar refractivity (Wildman–Crippen MR) is 79.8 cm³/mol. The number of ether oxygens (including phenoxy) is 1. The molecule has 0 saturated heterocycles. The summed E-state index contributed by atoms with van der Waals surface area (Å²) in [5.74, 6) is 0.953. The molecule has 3 heteroatoms. The van der Waals surface area contributed by atoms with E-state index in [0.29, 0.717) is 0 Å². The Bertz CT molecular complexity index is 377. The number of benzene rings is 1. The Kier molecular flexibility index (Phi) is 6.89. The molecule has 0 aromatic heterocycles. The molecule has 1 aromatic rings. The van der Waals surface area contributed by atoms with Crippen LogP contribution in [0, 0.1) is 13.8 Å². The standard InChI is InChI=1S/C16H27NO2/c1-13-6-7-16(12-14(13)2)19-11-5-9-17(4)10-8-15(3)18/h6-7,12,15,18H,5,8-11H2,1-4H3. The van der Waals surface area contributed by atoms with Crippen LogP contribution in [0.3, 0.4) is 0 Å². The van der Waals surface area contributed by atoms with Gasteiger partial charge in [0.15, 0.2) is 0 Å². The number of aliphatic hydroxyl groups excluding tert-OH is 1. The van der Waals surface area contributed by atoms with Crippen LogP contribution in [0.5, 0.6) is 5.75 Å². The third-order valence-corrected chi connectivity index (χ3v) is 3.36. The van der Waals surface area contributed by atoms with E-state index in [4.69, 9.17) is 4.74 Å². The lowest BCUT2D eigenvalue weighted by Crippen LogP contribution is -2.24. The van der Waals surface area contributed by atoms with Crippen molar-refractivity contribution in [2.45, 2.75) is 39.7 Å². The molecule has 0 aliphatic heterocycles. The molecular weight excluding hydrogens is 238 g/mol. The second kappa shape index (κ2) is 8.18. The van der Waals surface area contributed by atoms with E-state index in [9.17, 15) is 5.11 Å². The molecule has 0 amide bonds. The molecule has 0 fully saturated rings. The van der Waals surface area contributed by atoms with Gasteiger partial charge in [-0.15, -0.1) is 0 Å². The average Bonchev–Trinajstić information content (AvgIpc) is 2.36. The lowest BCUT2D eigenvalue weighted by Gasteiger charge is -2.17. The van der Waals surface area contributed by atoms with Crippen LogP contribution in [0.4, 0.5) is 0 Å². The fourth-order valence-electron chi connectivity index (χ4n) is 1.85. The maximum absolute atomic E-state index is 9.22. The largest absolute Gasteiger partial charge is 0.494 e. The second-order valence-electron chi connectivity index (χ2n) is 5.39. The molecule has 1 atom stereocenters. The highest BCUT2D eigenvalue weighted by Gasteiger charge is 2.02. The van der Waals surface area contributed by atoms with Gasteiger partial charge in [0, 0.05) is 13.1 Å². The van der Waals surface area contributed by atoms with Gasteiger partial charge in [0.1, 0.15) is 5.75 Å². The van der Waals surface area contributed by atoms with Crippen LogP contribution < -0.4 is 4.74 Å². The van der Waals surface area contributed by atoms with Gasteiger partial charge in [0.2, 0.25) is 0 Å². The number of rotatable bonds is 8. The molecule has 108 valence electrons. The quantitative estimate of drug-likeness (QED) is 0.734. The second-order valence-corrected chi connectivity index (χ2v) is 5.39. The summed E-state index contributed by atoms with van der Waals surface area (Å²) >= 11 is 0. The summed E-state index contributed by atoms with van der Waals surface area (Å²) < 4.78 is 5.74. The van der Waals surface area contributed by atoms with Crippen LogP contribution in [0.2, 0.25) is 0 Å². The van der Waals surface area contributed by atoms with Gasteiger partial charge in [-0.1, -0.05) is 6.07 Å². The van der Waals surface area contributed by atoms with Crippen LogP contribution >= 0.6 is 0 Å².